The summed E-state index contributed by atoms with van der Waals surface area (Å²) in [4.78, 5) is 15.9. The minimum absolute atomic E-state index is 0.231. The zero-order valence-corrected chi connectivity index (χ0v) is 16.1. The number of hydrogen-bond donors (Lipinski definition) is 1. The number of pyridine rings is 1. The van der Waals surface area contributed by atoms with Crippen LogP contribution in [0.1, 0.15) is 18.1 Å². The number of fused-ring (bicyclic) bond motifs is 1. The first-order chi connectivity index (χ1) is 13.5. The van der Waals surface area contributed by atoms with E-state index in [1.807, 2.05) is 37.3 Å². The van der Waals surface area contributed by atoms with Crippen molar-refractivity contribution >= 4 is 28.9 Å². The van der Waals surface area contributed by atoms with Crippen LogP contribution in [-0.2, 0) is 4.79 Å². The third-order valence-corrected chi connectivity index (χ3v) is 4.04. The topological polar surface area (TPSA) is 82.0 Å². The van der Waals surface area contributed by atoms with Crippen molar-refractivity contribution in [3.05, 3.63) is 53.6 Å². The Morgan fingerprint density at radius 2 is 1.79 bits per heavy atom. The predicted molar refractivity (Wildman–Crippen MR) is 109 cm³/mol. The summed E-state index contributed by atoms with van der Waals surface area (Å²) >= 11 is 0. The quantitative estimate of drug-likeness (QED) is 0.302. The molecule has 1 N–H and O–H groups in total. The van der Waals surface area contributed by atoms with Crippen LogP contribution in [0.3, 0.4) is 0 Å². The van der Waals surface area contributed by atoms with Crippen molar-refractivity contribution in [2.24, 2.45) is 5.10 Å². The van der Waals surface area contributed by atoms with Gasteiger partial charge in [-0.15, -0.1) is 0 Å². The minimum atomic E-state index is -0.461. The maximum Gasteiger partial charge on any atom is 0.308 e. The van der Waals surface area contributed by atoms with Crippen LogP contribution in [0.4, 0.5) is 5.82 Å². The second kappa shape index (κ2) is 8.39. The predicted octanol–water partition coefficient (Wildman–Crippen LogP) is 3.93. The molecule has 0 aliphatic heterocycles. The number of hydrazone groups is 1. The zero-order valence-electron chi connectivity index (χ0n) is 16.1. The number of hydrogen-bond acceptors (Lipinski definition) is 7. The Balaban J connectivity index is 1.85. The van der Waals surface area contributed by atoms with Gasteiger partial charge in [-0.25, -0.2) is 4.98 Å². The molecule has 0 fully saturated rings. The highest BCUT2D eigenvalue weighted by Crippen LogP contribution is 2.38. The lowest BCUT2D eigenvalue weighted by Crippen LogP contribution is -2.05. The highest BCUT2D eigenvalue weighted by molar-refractivity contribution is 5.85. The lowest BCUT2D eigenvalue weighted by molar-refractivity contribution is -0.132. The lowest BCUT2D eigenvalue weighted by Gasteiger charge is -2.13. The molecule has 7 heteroatoms. The van der Waals surface area contributed by atoms with Gasteiger partial charge in [0.05, 0.1) is 26.0 Å². The zero-order chi connectivity index (χ0) is 20.1. The van der Waals surface area contributed by atoms with Crippen LogP contribution >= 0.6 is 0 Å². The fourth-order valence-corrected chi connectivity index (χ4v) is 2.80. The van der Waals surface area contributed by atoms with E-state index in [4.69, 9.17) is 14.2 Å². The van der Waals surface area contributed by atoms with E-state index in [1.165, 1.54) is 21.1 Å². The molecule has 1 heterocycles. The summed E-state index contributed by atoms with van der Waals surface area (Å²) in [5.41, 5.74) is 5.65. The van der Waals surface area contributed by atoms with Crippen LogP contribution in [0.2, 0.25) is 0 Å². The van der Waals surface area contributed by atoms with Gasteiger partial charge in [0.15, 0.2) is 11.5 Å². The molecule has 0 unspecified atom stereocenters. The molecule has 0 amide bonds. The first-order valence-electron chi connectivity index (χ1n) is 8.61. The van der Waals surface area contributed by atoms with Gasteiger partial charge in [0.1, 0.15) is 5.82 Å². The average Bonchev–Trinajstić information content (AvgIpc) is 2.68. The fourth-order valence-electron chi connectivity index (χ4n) is 2.80. The lowest BCUT2D eigenvalue weighted by atomic mass is 10.1. The molecular weight excluding hydrogens is 358 g/mol. The van der Waals surface area contributed by atoms with Crippen molar-refractivity contribution in [3.63, 3.8) is 0 Å². The van der Waals surface area contributed by atoms with Crippen molar-refractivity contribution in [1.82, 2.24) is 4.98 Å². The summed E-state index contributed by atoms with van der Waals surface area (Å²) in [5.74, 6) is 1.15. The van der Waals surface area contributed by atoms with Gasteiger partial charge < -0.3 is 14.2 Å². The van der Waals surface area contributed by atoms with Gasteiger partial charge in [-0.2, -0.15) is 5.10 Å². The van der Waals surface area contributed by atoms with Gasteiger partial charge >= 0.3 is 5.97 Å². The summed E-state index contributed by atoms with van der Waals surface area (Å²) in [7, 11) is 2.98. The summed E-state index contributed by atoms with van der Waals surface area (Å²) in [6.45, 7) is 3.35. The second-order valence-electron chi connectivity index (χ2n) is 6.06. The maximum atomic E-state index is 11.3. The average molecular weight is 379 g/mol. The summed E-state index contributed by atoms with van der Waals surface area (Å²) in [6, 6.07) is 13.3. The highest BCUT2D eigenvalue weighted by Gasteiger charge is 2.15. The molecule has 1 aromatic heterocycles. The van der Waals surface area contributed by atoms with Crippen LogP contribution in [0.25, 0.3) is 10.9 Å². The Labute approximate surface area is 162 Å². The number of carbonyl (C=O) groups is 1. The Morgan fingerprint density at radius 1 is 1.11 bits per heavy atom. The number of rotatable bonds is 6. The number of nitrogens with one attached hydrogen (secondary N) is 1. The van der Waals surface area contributed by atoms with E-state index in [-0.39, 0.29) is 5.75 Å². The molecule has 0 saturated carbocycles. The third kappa shape index (κ3) is 4.20. The second-order valence-corrected chi connectivity index (χ2v) is 6.06. The van der Waals surface area contributed by atoms with Crippen molar-refractivity contribution in [1.29, 1.82) is 0 Å². The van der Waals surface area contributed by atoms with Crippen molar-refractivity contribution < 1.29 is 19.0 Å². The smallest absolute Gasteiger partial charge is 0.308 e. The van der Waals surface area contributed by atoms with Crippen LogP contribution in [0.5, 0.6) is 17.2 Å². The molecule has 0 aliphatic carbocycles. The standard InChI is InChI=1S/C21H21N3O4/c1-13-9-20(23-17-8-6-5-7-16(13)17)24-22-12-15-10-18(26-3)21(28-14(2)25)19(11-15)27-4/h5-12H,1-4H3,(H,23,24)/b22-12-. The third-order valence-electron chi connectivity index (χ3n) is 4.04. The van der Waals surface area contributed by atoms with Crippen molar-refractivity contribution in [2.75, 3.05) is 19.6 Å². The normalized spacial score (nSPS) is 10.9. The molecular formula is C21H21N3O4. The monoisotopic (exact) mass is 379 g/mol. The van der Waals surface area contributed by atoms with E-state index in [0.29, 0.717) is 22.9 Å². The van der Waals surface area contributed by atoms with E-state index >= 15 is 0 Å². The highest BCUT2D eigenvalue weighted by atomic mass is 16.6. The minimum Gasteiger partial charge on any atom is -0.493 e. The van der Waals surface area contributed by atoms with Gasteiger partial charge in [-0.05, 0) is 36.8 Å². The van der Waals surface area contributed by atoms with Crippen molar-refractivity contribution in [3.8, 4) is 17.2 Å². The van der Waals surface area contributed by atoms with Crippen LogP contribution in [0.15, 0.2) is 47.6 Å². The molecule has 0 bridgehead atoms. The molecule has 0 radical (unpaired) electrons. The number of carbonyl (C=O) groups excluding carboxylic acids is 1. The van der Waals surface area contributed by atoms with Gasteiger partial charge in [0.2, 0.25) is 5.75 Å². The number of benzene rings is 2. The largest absolute Gasteiger partial charge is 0.493 e. The molecule has 28 heavy (non-hydrogen) atoms. The van der Waals surface area contributed by atoms with Crippen LogP contribution in [0, 0.1) is 6.92 Å². The first kappa shape index (κ1) is 19.2. The summed E-state index contributed by atoms with van der Waals surface area (Å²) in [5, 5.41) is 5.35. The number of ether oxygens (including phenoxy) is 3. The fraction of sp³-hybridized carbons (Fsp3) is 0.190. The number of esters is 1. The number of nitrogens with zero attached hydrogens (tertiary/aromatic N) is 2. The Morgan fingerprint density at radius 3 is 2.43 bits per heavy atom. The van der Waals surface area contributed by atoms with Crippen molar-refractivity contribution in [2.45, 2.75) is 13.8 Å². The SMILES string of the molecule is COc1cc(/C=N\Nc2cc(C)c3ccccc3n2)cc(OC)c1OC(C)=O. The van der Waals surface area contributed by atoms with E-state index < -0.39 is 5.97 Å². The van der Waals surface area contributed by atoms with Gasteiger partial charge in [0, 0.05) is 17.9 Å². The van der Waals surface area contributed by atoms with Gasteiger partial charge in [0.25, 0.3) is 0 Å². The molecule has 144 valence electrons. The summed E-state index contributed by atoms with van der Waals surface area (Å²) in [6.07, 6.45) is 1.61. The van der Waals surface area contributed by atoms with E-state index in [9.17, 15) is 4.79 Å². The molecule has 3 aromatic rings. The van der Waals surface area contributed by atoms with Gasteiger partial charge in [-0.1, -0.05) is 18.2 Å². The van der Waals surface area contributed by atoms with E-state index in [1.54, 1.807) is 18.3 Å². The van der Waals surface area contributed by atoms with Crippen LogP contribution in [-0.4, -0.2) is 31.4 Å². The Hall–Kier alpha value is -3.61. The molecule has 7 nitrogen and oxygen atoms in total. The molecule has 0 atom stereocenters. The Bertz CT molecular complexity index is 1020. The number of anilines is 1. The summed E-state index contributed by atoms with van der Waals surface area (Å²) < 4.78 is 15.8. The van der Waals surface area contributed by atoms with E-state index in [0.717, 1.165) is 16.5 Å². The van der Waals surface area contributed by atoms with Crippen LogP contribution < -0.4 is 19.6 Å². The number of para-hydroxylation sites is 1. The van der Waals surface area contributed by atoms with Gasteiger partial charge in [-0.3, -0.25) is 10.2 Å². The first-order valence-corrected chi connectivity index (χ1v) is 8.61. The molecule has 0 saturated heterocycles. The number of methoxy groups -OCH3 is 2. The molecule has 2 aromatic carbocycles. The van der Waals surface area contributed by atoms with E-state index in [2.05, 4.69) is 15.5 Å². The number of aryl methyl sites for hydroxylation is 1. The molecule has 3 rings (SSSR count). The Kier molecular flexibility index (Phi) is 5.74. The maximum absolute atomic E-state index is 11.3. The molecule has 0 aliphatic rings. The molecule has 0 spiro atoms. The number of aromatic nitrogens is 1.